The standard InChI is InChI=1S/C20H19ClN6O2S/c1-11(13-4-3-12(8-23-2)7-14(13)21)29-19-17(18(22)28)30-20(26-19)15-9-25-16-10-24-5-6-27(15)16/h3-7,9-11,23H,8H2,1-2H3,(H2,22,28). The lowest BCUT2D eigenvalue weighted by atomic mass is 10.1. The third-order valence-electron chi connectivity index (χ3n) is 4.53. The number of aromatic nitrogens is 4. The summed E-state index contributed by atoms with van der Waals surface area (Å²) in [6.07, 6.45) is 6.32. The number of halogens is 1. The second-order valence-electron chi connectivity index (χ2n) is 6.61. The minimum absolute atomic E-state index is 0.175. The first kappa shape index (κ1) is 20.3. The van der Waals surface area contributed by atoms with Crippen LogP contribution in [0.5, 0.6) is 5.88 Å². The minimum atomic E-state index is -0.605. The van der Waals surface area contributed by atoms with Crippen molar-refractivity contribution in [3.05, 3.63) is 64.0 Å². The van der Waals surface area contributed by atoms with Crippen molar-refractivity contribution >= 4 is 34.5 Å². The van der Waals surface area contributed by atoms with Crippen LogP contribution < -0.4 is 15.8 Å². The van der Waals surface area contributed by atoms with Crippen LogP contribution in [0.15, 0.2) is 43.0 Å². The molecule has 1 aromatic carbocycles. The van der Waals surface area contributed by atoms with E-state index in [1.54, 1.807) is 24.8 Å². The normalized spacial score (nSPS) is 12.2. The quantitative estimate of drug-likeness (QED) is 0.453. The number of rotatable bonds is 7. The van der Waals surface area contributed by atoms with Gasteiger partial charge in [0.1, 0.15) is 16.8 Å². The lowest BCUT2D eigenvalue weighted by Crippen LogP contribution is -2.13. The summed E-state index contributed by atoms with van der Waals surface area (Å²) in [7, 11) is 1.87. The number of carbonyl (C=O) groups excluding carboxylic acids is 1. The highest BCUT2D eigenvalue weighted by molar-refractivity contribution is 7.17. The van der Waals surface area contributed by atoms with Crippen LogP contribution in [0, 0.1) is 0 Å². The number of fused-ring (bicyclic) bond motifs is 1. The first-order valence-electron chi connectivity index (χ1n) is 9.15. The molecule has 0 aliphatic rings. The molecular formula is C20H19ClN6O2S. The summed E-state index contributed by atoms with van der Waals surface area (Å²) < 4.78 is 7.86. The van der Waals surface area contributed by atoms with E-state index in [4.69, 9.17) is 22.1 Å². The molecule has 3 aromatic heterocycles. The fourth-order valence-corrected chi connectivity index (χ4v) is 4.31. The van der Waals surface area contributed by atoms with Gasteiger partial charge in [-0.3, -0.25) is 14.2 Å². The smallest absolute Gasteiger partial charge is 0.264 e. The molecule has 1 amide bonds. The topological polar surface area (TPSA) is 107 Å². The van der Waals surface area contributed by atoms with Crippen LogP contribution in [0.25, 0.3) is 16.3 Å². The maximum atomic E-state index is 12.0. The highest BCUT2D eigenvalue weighted by atomic mass is 35.5. The van der Waals surface area contributed by atoms with Gasteiger partial charge < -0.3 is 15.8 Å². The summed E-state index contributed by atoms with van der Waals surface area (Å²) in [5.41, 5.74) is 8.83. The molecule has 0 radical (unpaired) electrons. The van der Waals surface area contributed by atoms with Crippen LogP contribution in [0.4, 0.5) is 0 Å². The third-order valence-corrected chi connectivity index (χ3v) is 5.93. The molecule has 0 saturated heterocycles. The van der Waals surface area contributed by atoms with Gasteiger partial charge in [0.05, 0.1) is 12.4 Å². The molecule has 0 spiro atoms. The molecule has 10 heteroatoms. The van der Waals surface area contributed by atoms with E-state index in [9.17, 15) is 4.79 Å². The predicted octanol–water partition coefficient (Wildman–Crippen LogP) is 3.46. The predicted molar refractivity (Wildman–Crippen MR) is 116 cm³/mol. The Kier molecular flexibility index (Phi) is 5.67. The van der Waals surface area contributed by atoms with Crippen LogP contribution in [-0.4, -0.2) is 32.3 Å². The lowest BCUT2D eigenvalue weighted by Gasteiger charge is -2.16. The Morgan fingerprint density at radius 2 is 2.23 bits per heavy atom. The Morgan fingerprint density at radius 1 is 1.40 bits per heavy atom. The van der Waals surface area contributed by atoms with Gasteiger partial charge in [0, 0.05) is 29.5 Å². The number of nitrogens with one attached hydrogen (secondary N) is 1. The summed E-state index contributed by atoms with van der Waals surface area (Å²) in [4.78, 5) is 25.1. The van der Waals surface area contributed by atoms with Crippen molar-refractivity contribution in [2.75, 3.05) is 7.05 Å². The largest absolute Gasteiger partial charge is 0.469 e. The number of imidazole rings is 1. The molecule has 4 rings (SSSR count). The fourth-order valence-electron chi connectivity index (χ4n) is 3.10. The number of hydrogen-bond acceptors (Lipinski definition) is 7. The van der Waals surface area contributed by atoms with Crippen molar-refractivity contribution in [3.63, 3.8) is 0 Å². The SMILES string of the molecule is CNCc1ccc(C(C)Oc2nc(-c3cnc4cnccn34)sc2C(N)=O)c(Cl)c1. The van der Waals surface area contributed by atoms with Gasteiger partial charge in [0.15, 0.2) is 10.5 Å². The monoisotopic (exact) mass is 442 g/mol. The summed E-state index contributed by atoms with van der Waals surface area (Å²) in [6.45, 7) is 2.56. The molecule has 1 unspecified atom stereocenters. The maximum absolute atomic E-state index is 12.0. The zero-order valence-electron chi connectivity index (χ0n) is 16.3. The number of amides is 1. The van der Waals surface area contributed by atoms with E-state index in [1.165, 1.54) is 0 Å². The van der Waals surface area contributed by atoms with Crippen molar-refractivity contribution in [2.45, 2.75) is 19.6 Å². The number of hydrogen-bond donors (Lipinski definition) is 2. The van der Waals surface area contributed by atoms with Crippen LogP contribution in [0.3, 0.4) is 0 Å². The average Bonchev–Trinajstić information content (AvgIpc) is 3.32. The second-order valence-corrected chi connectivity index (χ2v) is 8.02. The van der Waals surface area contributed by atoms with E-state index in [0.717, 1.165) is 28.2 Å². The number of primary amides is 1. The zero-order chi connectivity index (χ0) is 21.3. The number of nitrogens with zero attached hydrogens (tertiary/aromatic N) is 4. The molecular weight excluding hydrogens is 424 g/mol. The minimum Gasteiger partial charge on any atom is -0.469 e. The van der Waals surface area contributed by atoms with Crippen molar-refractivity contribution in [3.8, 4) is 16.6 Å². The summed E-state index contributed by atoms with van der Waals surface area (Å²) in [6, 6.07) is 5.78. The molecule has 0 aliphatic heterocycles. The van der Waals surface area contributed by atoms with Crippen LogP contribution >= 0.6 is 22.9 Å². The molecule has 8 nitrogen and oxygen atoms in total. The van der Waals surface area contributed by atoms with Crippen molar-refractivity contribution in [2.24, 2.45) is 5.73 Å². The Balaban J connectivity index is 1.67. The van der Waals surface area contributed by atoms with Crippen molar-refractivity contribution in [1.82, 2.24) is 24.7 Å². The summed E-state index contributed by atoms with van der Waals surface area (Å²) in [5, 5.41) is 4.24. The highest BCUT2D eigenvalue weighted by Crippen LogP contribution is 2.36. The summed E-state index contributed by atoms with van der Waals surface area (Å²) in [5.74, 6) is -0.429. The first-order valence-corrected chi connectivity index (χ1v) is 10.3. The Labute approximate surface area is 181 Å². The van der Waals surface area contributed by atoms with Crippen LogP contribution in [0.1, 0.15) is 33.8 Å². The van der Waals surface area contributed by atoms with Gasteiger partial charge in [0.2, 0.25) is 5.88 Å². The van der Waals surface area contributed by atoms with E-state index >= 15 is 0 Å². The van der Waals surface area contributed by atoms with Gasteiger partial charge in [-0.2, -0.15) is 4.98 Å². The molecule has 4 aromatic rings. The van der Waals surface area contributed by atoms with E-state index in [1.807, 2.05) is 36.6 Å². The Hall–Kier alpha value is -3.01. The van der Waals surface area contributed by atoms with Gasteiger partial charge >= 0.3 is 0 Å². The van der Waals surface area contributed by atoms with E-state index in [2.05, 4.69) is 20.3 Å². The Morgan fingerprint density at radius 3 is 2.97 bits per heavy atom. The van der Waals surface area contributed by atoms with Crippen molar-refractivity contribution < 1.29 is 9.53 Å². The molecule has 1 atom stereocenters. The molecule has 0 saturated carbocycles. The van der Waals surface area contributed by atoms with Crippen molar-refractivity contribution in [1.29, 1.82) is 0 Å². The number of ether oxygens (including phenoxy) is 1. The molecule has 0 fully saturated rings. The molecule has 0 bridgehead atoms. The summed E-state index contributed by atoms with van der Waals surface area (Å²) >= 11 is 7.60. The van der Waals surface area contributed by atoms with Crippen LogP contribution in [0.2, 0.25) is 5.02 Å². The fraction of sp³-hybridized carbons (Fsp3) is 0.200. The third kappa shape index (κ3) is 3.87. The van der Waals surface area contributed by atoms with E-state index in [0.29, 0.717) is 22.2 Å². The van der Waals surface area contributed by atoms with E-state index in [-0.39, 0.29) is 10.8 Å². The van der Waals surface area contributed by atoms with Gasteiger partial charge in [-0.1, -0.05) is 23.7 Å². The number of nitrogens with two attached hydrogens (primary N) is 1. The van der Waals surface area contributed by atoms with Gasteiger partial charge in [-0.15, -0.1) is 11.3 Å². The first-order chi connectivity index (χ1) is 14.5. The van der Waals surface area contributed by atoms with Gasteiger partial charge in [0.25, 0.3) is 5.91 Å². The number of benzene rings is 1. The molecule has 154 valence electrons. The maximum Gasteiger partial charge on any atom is 0.264 e. The molecule has 0 aliphatic carbocycles. The second kappa shape index (κ2) is 8.39. The number of carbonyl (C=O) groups is 1. The van der Waals surface area contributed by atoms with Crippen LogP contribution in [-0.2, 0) is 6.54 Å². The van der Waals surface area contributed by atoms with E-state index < -0.39 is 12.0 Å². The highest BCUT2D eigenvalue weighted by Gasteiger charge is 2.23. The Bertz CT molecular complexity index is 1220. The number of thiazole rings is 1. The zero-order valence-corrected chi connectivity index (χ0v) is 17.9. The average molecular weight is 443 g/mol. The molecule has 3 heterocycles. The van der Waals surface area contributed by atoms with Gasteiger partial charge in [-0.25, -0.2) is 4.98 Å². The molecule has 30 heavy (non-hydrogen) atoms. The van der Waals surface area contributed by atoms with Gasteiger partial charge in [-0.05, 0) is 25.6 Å². The lowest BCUT2D eigenvalue weighted by molar-refractivity contribution is 0.0997. The molecule has 3 N–H and O–H groups in total.